The molecule has 1 atom stereocenters. The summed E-state index contributed by atoms with van der Waals surface area (Å²) in [7, 11) is 0. The highest BCUT2D eigenvalue weighted by Crippen LogP contribution is 2.27. The summed E-state index contributed by atoms with van der Waals surface area (Å²) in [5, 5.41) is 0.0841. The van der Waals surface area contributed by atoms with Crippen LogP contribution in [0.1, 0.15) is 24.3 Å². The zero-order valence-corrected chi connectivity index (χ0v) is 10.5. The SMILES string of the molecule is CCC(Cl)c1ccc(Oc2ccccc2)cc1. The van der Waals surface area contributed by atoms with E-state index in [4.69, 9.17) is 16.3 Å². The number of para-hydroxylation sites is 1. The summed E-state index contributed by atoms with van der Waals surface area (Å²) in [6.45, 7) is 2.08. The first-order valence-electron chi connectivity index (χ1n) is 5.76. The highest BCUT2D eigenvalue weighted by Gasteiger charge is 2.04. The maximum Gasteiger partial charge on any atom is 0.127 e. The van der Waals surface area contributed by atoms with Gasteiger partial charge >= 0.3 is 0 Å². The smallest absolute Gasteiger partial charge is 0.127 e. The lowest BCUT2D eigenvalue weighted by atomic mass is 10.1. The van der Waals surface area contributed by atoms with Crippen LogP contribution in [0.25, 0.3) is 0 Å². The van der Waals surface area contributed by atoms with E-state index in [1.165, 1.54) is 0 Å². The number of hydrogen-bond donors (Lipinski definition) is 0. The Bertz CT molecular complexity index is 450. The van der Waals surface area contributed by atoms with Crippen LogP contribution >= 0.6 is 11.6 Å². The number of halogens is 1. The zero-order valence-electron chi connectivity index (χ0n) is 9.77. The maximum absolute atomic E-state index is 6.16. The van der Waals surface area contributed by atoms with E-state index in [2.05, 4.69) is 6.92 Å². The molecule has 0 aliphatic rings. The molecule has 2 rings (SSSR count). The number of alkyl halides is 1. The maximum atomic E-state index is 6.16. The molecule has 0 aromatic heterocycles. The van der Waals surface area contributed by atoms with E-state index in [1.54, 1.807) is 0 Å². The van der Waals surface area contributed by atoms with E-state index in [-0.39, 0.29) is 5.38 Å². The number of benzene rings is 2. The molecule has 1 nitrogen and oxygen atoms in total. The second-order valence-corrected chi connectivity index (χ2v) is 4.39. The van der Waals surface area contributed by atoms with Crippen LogP contribution in [-0.2, 0) is 0 Å². The van der Waals surface area contributed by atoms with E-state index < -0.39 is 0 Å². The van der Waals surface area contributed by atoms with Gasteiger partial charge in [0.1, 0.15) is 11.5 Å². The first kappa shape index (κ1) is 12.0. The van der Waals surface area contributed by atoms with Crippen molar-refractivity contribution < 1.29 is 4.74 Å². The van der Waals surface area contributed by atoms with Gasteiger partial charge in [0.2, 0.25) is 0 Å². The van der Waals surface area contributed by atoms with Crippen molar-refractivity contribution in [2.75, 3.05) is 0 Å². The van der Waals surface area contributed by atoms with E-state index >= 15 is 0 Å². The van der Waals surface area contributed by atoms with Crippen LogP contribution in [0.5, 0.6) is 11.5 Å². The van der Waals surface area contributed by atoms with Gasteiger partial charge in [-0.15, -0.1) is 11.6 Å². The minimum Gasteiger partial charge on any atom is -0.457 e. The van der Waals surface area contributed by atoms with Gasteiger partial charge in [0, 0.05) is 0 Å². The molecule has 0 saturated carbocycles. The summed E-state index contributed by atoms with van der Waals surface area (Å²) in [5.74, 6) is 1.68. The molecular weight excluding hydrogens is 232 g/mol. The quantitative estimate of drug-likeness (QED) is 0.677. The molecule has 0 aliphatic heterocycles. The standard InChI is InChI=1S/C15H15ClO/c1-2-15(16)12-8-10-14(11-9-12)17-13-6-4-3-5-7-13/h3-11,15H,2H2,1H3. The van der Waals surface area contributed by atoms with Crippen molar-refractivity contribution in [1.29, 1.82) is 0 Å². The molecule has 88 valence electrons. The average Bonchev–Trinajstić information content (AvgIpc) is 2.40. The molecule has 0 heterocycles. The van der Waals surface area contributed by atoms with Gasteiger partial charge in [0.05, 0.1) is 5.38 Å². The summed E-state index contributed by atoms with van der Waals surface area (Å²) >= 11 is 6.16. The van der Waals surface area contributed by atoms with Crippen LogP contribution in [-0.4, -0.2) is 0 Å². The molecule has 1 unspecified atom stereocenters. The van der Waals surface area contributed by atoms with Crippen molar-refractivity contribution in [3.05, 3.63) is 60.2 Å². The van der Waals surface area contributed by atoms with E-state index in [0.717, 1.165) is 23.5 Å². The van der Waals surface area contributed by atoms with E-state index in [9.17, 15) is 0 Å². The third-order valence-electron chi connectivity index (χ3n) is 2.58. The lowest BCUT2D eigenvalue weighted by Gasteiger charge is -2.09. The Morgan fingerprint density at radius 3 is 2.12 bits per heavy atom. The molecular formula is C15H15ClO. The number of rotatable bonds is 4. The predicted octanol–water partition coefficient (Wildman–Crippen LogP) is 5.17. The first-order valence-corrected chi connectivity index (χ1v) is 6.20. The summed E-state index contributed by atoms with van der Waals surface area (Å²) in [6.07, 6.45) is 0.931. The Labute approximate surface area is 107 Å². The molecule has 17 heavy (non-hydrogen) atoms. The van der Waals surface area contributed by atoms with E-state index in [0.29, 0.717) is 0 Å². The van der Waals surface area contributed by atoms with Gasteiger partial charge in [-0.25, -0.2) is 0 Å². The van der Waals surface area contributed by atoms with Gasteiger partial charge in [0.15, 0.2) is 0 Å². The number of hydrogen-bond acceptors (Lipinski definition) is 1. The summed E-state index contributed by atoms with van der Waals surface area (Å²) in [4.78, 5) is 0. The Morgan fingerprint density at radius 1 is 0.941 bits per heavy atom. The molecule has 2 aromatic rings. The fraction of sp³-hybridized carbons (Fsp3) is 0.200. The van der Waals surface area contributed by atoms with Crippen LogP contribution in [0.3, 0.4) is 0 Å². The monoisotopic (exact) mass is 246 g/mol. The Kier molecular flexibility index (Phi) is 4.05. The van der Waals surface area contributed by atoms with Gasteiger partial charge in [-0.3, -0.25) is 0 Å². The van der Waals surface area contributed by atoms with Gasteiger partial charge in [-0.05, 0) is 36.2 Å². The Hall–Kier alpha value is -1.47. The fourth-order valence-corrected chi connectivity index (χ4v) is 1.75. The highest BCUT2D eigenvalue weighted by molar-refractivity contribution is 6.20. The molecule has 2 heteroatoms. The van der Waals surface area contributed by atoms with Gasteiger partial charge < -0.3 is 4.74 Å². The summed E-state index contributed by atoms with van der Waals surface area (Å²) in [5.41, 5.74) is 1.13. The van der Waals surface area contributed by atoms with Crippen LogP contribution in [0.2, 0.25) is 0 Å². The molecule has 0 spiro atoms. The van der Waals surface area contributed by atoms with Gasteiger partial charge in [-0.1, -0.05) is 37.3 Å². The molecule has 0 fully saturated rings. The van der Waals surface area contributed by atoms with Crippen LogP contribution in [0.15, 0.2) is 54.6 Å². The molecule has 0 bridgehead atoms. The third kappa shape index (κ3) is 3.24. The van der Waals surface area contributed by atoms with Crippen molar-refractivity contribution >= 4 is 11.6 Å². The van der Waals surface area contributed by atoms with Crippen LogP contribution in [0, 0.1) is 0 Å². The van der Waals surface area contributed by atoms with Crippen LogP contribution < -0.4 is 4.74 Å². The first-order chi connectivity index (χ1) is 8.29. The molecule has 0 saturated heterocycles. The minimum atomic E-state index is 0.0841. The van der Waals surface area contributed by atoms with Crippen molar-refractivity contribution in [1.82, 2.24) is 0 Å². The summed E-state index contributed by atoms with van der Waals surface area (Å²) in [6, 6.07) is 17.7. The van der Waals surface area contributed by atoms with Gasteiger partial charge in [-0.2, -0.15) is 0 Å². The second kappa shape index (κ2) is 5.74. The topological polar surface area (TPSA) is 9.23 Å². The molecule has 2 aromatic carbocycles. The second-order valence-electron chi connectivity index (χ2n) is 3.86. The largest absolute Gasteiger partial charge is 0.457 e. The molecule has 0 amide bonds. The highest BCUT2D eigenvalue weighted by atomic mass is 35.5. The lowest BCUT2D eigenvalue weighted by Crippen LogP contribution is -1.88. The molecule has 0 radical (unpaired) electrons. The normalized spacial score (nSPS) is 12.1. The molecule has 0 aliphatic carbocycles. The average molecular weight is 247 g/mol. The van der Waals surface area contributed by atoms with Crippen molar-refractivity contribution in [2.24, 2.45) is 0 Å². The van der Waals surface area contributed by atoms with Crippen molar-refractivity contribution in [2.45, 2.75) is 18.7 Å². The van der Waals surface area contributed by atoms with E-state index in [1.807, 2.05) is 54.6 Å². The van der Waals surface area contributed by atoms with Crippen molar-refractivity contribution in [3.63, 3.8) is 0 Å². The Balaban J connectivity index is 2.08. The van der Waals surface area contributed by atoms with Crippen LogP contribution in [0.4, 0.5) is 0 Å². The number of ether oxygens (including phenoxy) is 1. The minimum absolute atomic E-state index is 0.0841. The summed E-state index contributed by atoms with van der Waals surface area (Å²) < 4.78 is 5.70. The van der Waals surface area contributed by atoms with Crippen molar-refractivity contribution in [3.8, 4) is 11.5 Å². The fourth-order valence-electron chi connectivity index (χ4n) is 1.61. The zero-order chi connectivity index (χ0) is 12.1. The third-order valence-corrected chi connectivity index (χ3v) is 3.14. The molecule has 0 N–H and O–H groups in total. The lowest BCUT2D eigenvalue weighted by molar-refractivity contribution is 0.482. The van der Waals surface area contributed by atoms with Gasteiger partial charge in [0.25, 0.3) is 0 Å². The predicted molar refractivity (Wildman–Crippen MR) is 71.8 cm³/mol. The Morgan fingerprint density at radius 2 is 1.53 bits per heavy atom.